The molecule has 2 aromatic rings. The van der Waals surface area contributed by atoms with Gasteiger partial charge in [0, 0.05) is 36.8 Å². The summed E-state index contributed by atoms with van der Waals surface area (Å²) in [5.74, 6) is 0. The van der Waals surface area contributed by atoms with Crippen molar-refractivity contribution in [3.8, 4) is 0 Å². The normalized spacial score (nSPS) is 16.1. The van der Waals surface area contributed by atoms with E-state index < -0.39 is 0 Å². The number of benzene rings is 2. The highest BCUT2D eigenvalue weighted by Crippen LogP contribution is 2.33. The van der Waals surface area contributed by atoms with Crippen LogP contribution in [0.25, 0.3) is 10.8 Å². The van der Waals surface area contributed by atoms with E-state index in [0.29, 0.717) is 5.39 Å². The molecule has 0 unspecified atom stereocenters. The third-order valence-corrected chi connectivity index (χ3v) is 3.76. The third-order valence-electron chi connectivity index (χ3n) is 3.76. The van der Waals surface area contributed by atoms with Gasteiger partial charge in [0.15, 0.2) is 0 Å². The first-order valence-electron chi connectivity index (χ1n) is 6.89. The van der Waals surface area contributed by atoms with Crippen molar-refractivity contribution in [1.82, 2.24) is 5.32 Å². The molecule has 1 fully saturated rings. The number of anilines is 1. The Kier molecular flexibility index (Phi) is 3.52. The van der Waals surface area contributed by atoms with Crippen LogP contribution in [0.15, 0.2) is 36.4 Å². The average Bonchev–Trinajstić information content (AvgIpc) is 2.75. The van der Waals surface area contributed by atoms with E-state index >= 15 is 0 Å². The van der Waals surface area contributed by atoms with Gasteiger partial charge in [-0.15, -0.1) is 0 Å². The summed E-state index contributed by atoms with van der Waals surface area (Å²) in [4.78, 5) is 13.1. The molecule has 0 atom stereocenters. The fourth-order valence-electron chi connectivity index (χ4n) is 2.79. The Morgan fingerprint density at radius 1 is 1.05 bits per heavy atom. The molecule has 104 valence electrons. The number of hydrogen-bond donors (Lipinski definition) is 1. The minimum Gasteiger partial charge on any atom is -0.370 e. The van der Waals surface area contributed by atoms with E-state index in [1.807, 2.05) is 30.3 Å². The summed E-state index contributed by atoms with van der Waals surface area (Å²) in [7, 11) is 0. The monoisotopic (exact) mass is 271 g/mol. The summed E-state index contributed by atoms with van der Waals surface area (Å²) in [5.41, 5.74) is 1.27. The van der Waals surface area contributed by atoms with E-state index in [0.717, 1.165) is 43.7 Å². The molecule has 1 heterocycles. The highest BCUT2D eigenvalue weighted by molar-refractivity contribution is 6.00. The number of nitrogens with zero attached hydrogens (tertiary/aromatic N) is 2. The molecule has 0 bridgehead atoms. The molecule has 1 aliphatic rings. The van der Waals surface area contributed by atoms with E-state index in [1.54, 1.807) is 6.07 Å². The van der Waals surface area contributed by atoms with Crippen molar-refractivity contribution in [1.29, 1.82) is 0 Å². The Morgan fingerprint density at radius 3 is 2.65 bits per heavy atom. The molecule has 1 aliphatic heterocycles. The van der Waals surface area contributed by atoms with Crippen molar-refractivity contribution in [2.75, 3.05) is 31.1 Å². The van der Waals surface area contributed by atoms with E-state index in [4.69, 9.17) is 0 Å². The maximum Gasteiger partial charge on any atom is 0.277 e. The maximum absolute atomic E-state index is 11.1. The quantitative estimate of drug-likeness (QED) is 0.673. The largest absolute Gasteiger partial charge is 0.370 e. The SMILES string of the molecule is O=[N+]([O-])c1ccc(N2CCCNCC2)c2ccccc12. The van der Waals surface area contributed by atoms with Gasteiger partial charge in [-0.05, 0) is 25.1 Å². The number of hydrogen-bond acceptors (Lipinski definition) is 4. The van der Waals surface area contributed by atoms with Crippen LogP contribution < -0.4 is 10.2 Å². The number of fused-ring (bicyclic) bond motifs is 1. The van der Waals surface area contributed by atoms with E-state index in [-0.39, 0.29) is 10.6 Å². The molecular weight excluding hydrogens is 254 g/mol. The average molecular weight is 271 g/mol. The second-order valence-corrected chi connectivity index (χ2v) is 5.00. The van der Waals surface area contributed by atoms with E-state index in [1.165, 1.54) is 0 Å². The van der Waals surface area contributed by atoms with Gasteiger partial charge in [0.25, 0.3) is 5.69 Å². The van der Waals surface area contributed by atoms with Crippen molar-refractivity contribution in [2.24, 2.45) is 0 Å². The maximum atomic E-state index is 11.1. The van der Waals surface area contributed by atoms with Crippen molar-refractivity contribution < 1.29 is 4.92 Å². The molecule has 5 heteroatoms. The standard InChI is InChI=1S/C15H17N3O2/c19-18(20)15-7-6-14(12-4-1-2-5-13(12)15)17-10-3-8-16-9-11-17/h1-2,4-7,16H,3,8-11H2. The minimum absolute atomic E-state index is 0.178. The fraction of sp³-hybridized carbons (Fsp3) is 0.333. The van der Waals surface area contributed by atoms with Crippen LogP contribution in [0.5, 0.6) is 0 Å². The predicted molar refractivity (Wildman–Crippen MR) is 80.3 cm³/mol. The lowest BCUT2D eigenvalue weighted by atomic mass is 10.1. The van der Waals surface area contributed by atoms with Crippen molar-refractivity contribution in [2.45, 2.75) is 6.42 Å². The first-order valence-corrected chi connectivity index (χ1v) is 6.89. The fourth-order valence-corrected chi connectivity index (χ4v) is 2.79. The summed E-state index contributed by atoms with van der Waals surface area (Å²) >= 11 is 0. The molecule has 0 aliphatic carbocycles. The topological polar surface area (TPSA) is 58.4 Å². The minimum atomic E-state index is -0.309. The van der Waals surface area contributed by atoms with Gasteiger partial charge >= 0.3 is 0 Å². The van der Waals surface area contributed by atoms with Crippen molar-refractivity contribution >= 4 is 22.1 Å². The summed E-state index contributed by atoms with van der Waals surface area (Å²) in [6, 6.07) is 11.1. The lowest BCUT2D eigenvalue weighted by Crippen LogP contribution is -2.27. The number of nitro benzene ring substituents is 1. The molecule has 0 saturated carbocycles. The summed E-state index contributed by atoms with van der Waals surface area (Å²) < 4.78 is 0. The van der Waals surface area contributed by atoms with Gasteiger partial charge in [0.1, 0.15) is 0 Å². The Labute approximate surface area is 117 Å². The highest BCUT2D eigenvalue weighted by atomic mass is 16.6. The molecule has 0 radical (unpaired) electrons. The molecule has 20 heavy (non-hydrogen) atoms. The van der Waals surface area contributed by atoms with Crippen LogP contribution in [-0.4, -0.2) is 31.1 Å². The molecule has 3 rings (SSSR count). The van der Waals surface area contributed by atoms with Crippen LogP contribution in [0.4, 0.5) is 11.4 Å². The Hall–Kier alpha value is -2.14. The highest BCUT2D eigenvalue weighted by Gasteiger charge is 2.17. The number of rotatable bonds is 2. The summed E-state index contributed by atoms with van der Waals surface area (Å²) in [5, 5.41) is 16.2. The Balaban J connectivity index is 2.12. The zero-order valence-electron chi connectivity index (χ0n) is 11.2. The van der Waals surface area contributed by atoms with Crippen LogP contribution in [0.3, 0.4) is 0 Å². The lowest BCUT2D eigenvalue weighted by Gasteiger charge is -2.24. The zero-order valence-corrected chi connectivity index (χ0v) is 11.2. The van der Waals surface area contributed by atoms with Crippen LogP contribution in [-0.2, 0) is 0 Å². The van der Waals surface area contributed by atoms with Crippen LogP contribution >= 0.6 is 0 Å². The lowest BCUT2D eigenvalue weighted by molar-refractivity contribution is -0.383. The van der Waals surface area contributed by atoms with Gasteiger partial charge in [-0.1, -0.05) is 18.2 Å². The first-order chi connectivity index (χ1) is 9.77. The molecule has 1 N–H and O–H groups in total. The molecule has 0 amide bonds. The third kappa shape index (κ3) is 2.32. The van der Waals surface area contributed by atoms with Gasteiger partial charge < -0.3 is 10.2 Å². The molecule has 0 aromatic heterocycles. The van der Waals surface area contributed by atoms with E-state index in [2.05, 4.69) is 10.2 Å². The van der Waals surface area contributed by atoms with E-state index in [9.17, 15) is 10.1 Å². The molecule has 2 aromatic carbocycles. The predicted octanol–water partition coefficient (Wildman–Crippen LogP) is 2.55. The second-order valence-electron chi connectivity index (χ2n) is 5.00. The second kappa shape index (κ2) is 5.46. The van der Waals surface area contributed by atoms with Gasteiger partial charge in [0.05, 0.1) is 10.3 Å². The summed E-state index contributed by atoms with van der Waals surface area (Å²) in [6.45, 7) is 3.89. The molecule has 5 nitrogen and oxygen atoms in total. The number of non-ortho nitro benzene ring substituents is 1. The van der Waals surface area contributed by atoms with Gasteiger partial charge in [-0.3, -0.25) is 10.1 Å². The van der Waals surface area contributed by atoms with Gasteiger partial charge in [0.2, 0.25) is 0 Å². The van der Waals surface area contributed by atoms with Crippen molar-refractivity contribution in [3.05, 3.63) is 46.5 Å². The van der Waals surface area contributed by atoms with Gasteiger partial charge in [-0.2, -0.15) is 0 Å². The Bertz CT molecular complexity index is 634. The molecule has 1 saturated heterocycles. The number of nitrogens with one attached hydrogen (secondary N) is 1. The molecular formula is C15H17N3O2. The van der Waals surface area contributed by atoms with Crippen LogP contribution in [0.1, 0.15) is 6.42 Å². The van der Waals surface area contributed by atoms with Crippen LogP contribution in [0.2, 0.25) is 0 Å². The molecule has 0 spiro atoms. The summed E-state index contributed by atoms with van der Waals surface area (Å²) in [6.07, 6.45) is 1.09. The first kappa shape index (κ1) is 12.9. The van der Waals surface area contributed by atoms with Gasteiger partial charge in [-0.25, -0.2) is 0 Å². The van der Waals surface area contributed by atoms with Crippen molar-refractivity contribution in [3.63, 3.8) is 0 Å². The number of nitro groups is 1. The zero-order chi connectivity index (χ0) is 13.9. The van der Waals surface area contributed by atoms with Crippen LogP contribution in [0, 0.1) is 10.1 Å². The smallest absolute Gasteiger partial charge is 0.277 e. The Morgan fingerprint density at radius 2 is 1.85 bits per heavy atom.